The molecule has 0 aromatic carbocycles. The zero-order chi connectivity index (χ0) is 13.2. The van der Waals surface area contributed by atoms with E-state index in [9.17, 15) is 0 Å². The Morgan fingerprint density at radius 2 is 2.44 bits per heavy atom. The van der Waals surface area contributed by atoms with Gasteiger partial charge in [-0.05, 0) is 13.8 Å². The van der Waals surface area contributed by atoms with Gasteiger partial charge in [0.1, 0.15) is 17.6 Å². The van der Waals surface area contributed by atoms with Crippen molar-refractivity contribution >= 4 is 11.6 Å². The van der Waals surface area contributed by atoms with E-state index in [0.717, 1.165) is 18.9 Å². The Bertz CT molecular complexity index is 406. The molecule has 0 spiro atoms. The lowest BCUT2D eigenvalue weighted by Gasteiger charge is -2.36. The molecule has 0 aliphatic carbocycles. The van der Waals surface area contributed by atoms with Crippen molar-refractivity contribution in [2.45, 2.75) is 32.2 Å². The van der Waals surface area contributed by atoms with Gasteiger partial charge in [0.15, 0.2) is 0 Å². The number of aromatic nitrogens is 2. The molecule has 1 aromatic heterocycles. The molecule has 1 aliphatic heterocycles. The molecule has 1 unspecified atom stereocenters. The second kappa shape index (κ2) is 5.57. The monoisotopic (exact) mass is 273 g/mol. The fourth-order valence-electron chi connectivity index (χ4n) is 2.00. The smallest absolute Gasteiger partial charge is 0.135 e. The van der Waals surface area contributed by atoms with E-state index in [1.807, 2.05) is 11.6 Å². The first-order valence-corrected chi connectivity index (χ1v) is 6.48. The summed E-state index contributed by atoms with van der Waals surface area (Å²) >= 11 is 5.90. The summed E-state index contributed by atoms with van der Waals surface area (Å²) in [4.78, 5) is 4.18. The van der Waals surface area contributed by atoms with Crippen LogP contribution in [0.25, 0.3) is 0 Å². The SMILES string of the molecule is Cn1c(Cl)cnc1COCC1CNCC(C)(C)O1. The molecule has 2 heterocycles. The standard InChI is InChI=1S/C12H20ClN3O2/c1-12(2)8-14-4-9(18-12)6-17-7-11-15-5-10(13)16(11)3/h5,9,14H,4,6-8H2,1-3H3. The molecule has 2 rings (SSSR count). The molecule has 5 nitrogen and oxygen atoms in total. The van der Waals surface area contributed by atoms with Crippen LogP contribution in [0.3, 0.4) is 0 Å². The Morgan fingerprint density at radius 1 is 1.67 bits per heavy atom. The number of halogens is 1. The van der Waals surface area contributed by atoms with Gasteiger partial charge >= 0.3 is 0 Å². The maximum Gasteiger partial charge on any atom is 0.135 e. The van der Waals surface area contributed by atoms with Gasteiger partial charge < -0.3 is 19.4 Å². The van der Waals surface area contributed by atoms with E-state index in [4.69, 9.17) is 21.1 Å². The van der Waals surface area contributed by atoms with Crippen LogP contribution in [-0.4, -0.2) is 41.0 Å². The first-order chi connectivity index (χ1) is 8.48. The van der Waals surface area contributed by atoms with E-state index in [0.29, 0.717) is 18.4 Å². The van der Waals surface area contributed by atoms with E-state index in [2.05, 4.69) is 24.1 Å². The summed E-state index contributed by atoms with van der Waals surface area (Å²) in [6.07, 6.45) is 1.71. The minimum atomic E-state index is -0.126. The molecule has 102 valence electrons. The molecule has 0 radical (unpaired) electrons. The Labute approximate surface area is 112 Å². The molecular formula is C12H20ClN3O2. The van der Waals surface area contributed by atoms with Gasteiger partial charge in [-0.15, -0.1) is 0 Å². The molecule has 18 heavy (non-hydrogen) atoms. The molecule has 1 aromatic rings. The molecule has 0 saturated carbocycles. The average Bonchev–Trinajstić information content (AvgIpc) is 2.60. The van der Waals surface area contributed by atoms with Crippen molar-refractivity contribution in [1.82, 2.24) is 14.9 Å². The van der Waals surface area contributed by atoms with Crippen LogP contribution in [0.15, 0.2) is 6.20 Å². The normalized spacial score (nSPS) is 23.2. The van der Waals surface area contributed by atoms with E-state index < -0.39 is 0 Å². The maximum atomic E-state index is 5.91. The second-order valence-electron chi connectivity index (χ2n) is 5.20. The highest BCUT2D eigenvalue weighted by Gasteiger charge is 2.28. The first-order valence-electron chi connectivity index (χ1n) is 6.10. The minimum absolute atomic E-state index is 0.0875. The van der Waals surface area contributed by atoms with Crippen LogP contribution < -0.4 is 5.32 Å². The average molecular weight is 274 g/mol. The van der Waals surface area contributed by atoms with Gasteiger partial charge in [-0.25, -0.2) is 4.98 Å². The summed E-state index contributed by atoms with van der Waals surface area (Å²) in [5.41, 5.74) is -0.126. The number of ether oxygens (including phenoxy) is 2. The molecule has 6 heteroatoms. The van der Waals surface area contributed by atoms with Crippen molar-refractivity contribution in [3.05, 3.63) is 17.2 Å². The summed E-state index contributed by atoms with van der Waals surface area (Å²) in [7, 11) is 1.87. The fourth-order valence-corrected chi connectivity index (χ4v) is 2.15. The third-order valence-electron chi connectivity index (χ3n) is 2.97. The van der Waals surface area contributed by atoms with E-state index in [1.165, 1.54) is 0 Å². The summed E-state index contributed by atoms with van der Waals surface area (Å²) in [5.74, 6) is 0.822. The van der Waals surface area contributed by atoms with Crippen LogP contribution in [0, 0.1) is 0 Å². The summed E-state index contributed by atoms with van der Waals surface area (Å²) in [6, 6.07) is 0. The van der Waals surface area contributed by atoms with Crippen LogP contribution in [0.5, 0.6) is 0 Å². The van der Waals surface area contributed by atoms with Crippen molar-refractivity contribution in [2.75, 3.05) is 19.7 Å². The summed E-state index contributed by atoms with van der Waals surface area (Å²) < 4.78 is 13.4. The third-order valence-corrected chi connectivity index (χ3v) is 3.32. The van der Waals surface area contributed by atoms with Gasteiger partial charge in [0, 0.05) is 20.1 Å². The Morgan fingerprint density at radius 3 is 3.06 bits per heavy atom. The number of morpholine rings is 1. The van der Waals surface area contributed by atoms with E-state index in [1.54, 1.807) is 6.20 Å². The second-order valence-corrected chi connectivity index (χ2v) is 5.59. The quantitative estimate of drug-likeness (QED) is 0.900. The lowest BCUT2D eigenvalue weighted by Crippen LogP contribution is -2.51. The lowest BCUT2D eigenvalue weighted by molar-refractivity contribution is -0.122. The van der Waals surface area contributed by atoms with Gasteiger partial charge in [-0.3, -0.25) is 0 Å². The number of nitrogens with one attached hydrogen (secondary N) is 1. The van der Waals surface area contributed by atoms with Gasteiger partial charge in [0.05, 0.1) is 24.5 Å². The maximum absolute atomic E-state index is 5.91. The highest BCUT2D eigenvalue weighted by atomic mass is 35.5. The molecule has 1 atom stereocenters. The molecule has 0 bridgehead atoms. The predicted octanol–water partition coefficient (Wildman–Crippen LogP) is 1.36. The highest BCUT2D eigenvalue weighted by molar-refractivity contribution is 6.29. The molecular weight excluding hydrogens is 254 g/mol. The zero-order valence-corrected chi connectivity index (χ0v) is 11.8. The number of hydrogen-bond acceptors (Lipinski definition) is 4. The zero-order valence-electron chi connectivity index (χ0n) is 11.1. The molecule has 1 aliphatic rings. The summed E-state index contributed by atoms with van der Waals surface area (Å²) in [5, 5.41) is 3.96. The number of imidazole rings is 1. The van der Waals surface area contributed by atoms with Crippen molar-refractivity contribution in [3.8, 4) is 0 Å². The predicted molar refractivity (Wildman–Crippen MR) is 69.7 cm³/mol. The molecule has 1 N–H and O–H groups in total. The van der Waals surface area contributed by atoms with Crippen LogP contribution in [0.1, 0.15) is 19.7 Å². The molecule has 1 saturated heterocycles. The van der Waals surface area contributed by atoms with Crippen LogP contribution in [0.4, 0.5) is 0 Å². The van der Waals surface area contributed by atoms with Crippen LogP contribution in [0.2, 0.25) is 5.15 Å². The van der Waals surface area contributed by atoms with Crippen molar-refractivity contribution in [1.29, 1.82) is 0 Å². The molecule has 0 amide bonds. The highest BCUT2D eigenvalue weighted by Crippen LogP contribution is 2.16. The van der Waals surface area contributed by atoms with Crippen molar-refractivity contribution in [3.63, 3.8) is 0 Å². The van der Waals surface area contributed by atoms with Gasteiger partial charge in [-0.1, -0.05) is 11.6 Å². The van der Waals surface area contributed by atoms with E-state index >= 15 is 0 Å². The largest absolute Gasteiger partial charge is 0.371 e. The number of rotatable bonds is 4. The van der Waals surface area contributed by atoms with Gasteiger partial charge in [-0.2, -0.15) is 0 Å². The summed E-state index contributed by atoms with van der Waals surface area (Å²) in [6.45, 7) is 6.85. The number of hydrogen-bond donors (Lipinski definition) is 1. The van der Waals surface area contributed by atoms with Gasteiger partial charge in [0.25, 0.3) is 0 Å². The van der Waals surface area contributed by atoms with Gasteiger partial charge in [0.2, 0.25) is 0 Å². The van der Waals surface area contributed by atoms with Crippen molar-refractivity contribution < 1.29 is 9.47 Å². The minimum Gasteiger partial charge on any atom is -0.371 e. The topological polar surface area (TPSA) is 48.3 Å². The van der Waals surface area contributed by atoms with Crippen LogP contribution in [-0.2, 0) is 23.1 Å². The van der Waals surface area contributed by atoms with Crippen molar-refractivity contribution in [2.24, 2.45) is 7.05 Å². The molecule has 1 fully saturated rings. The Kier molecular flexibility index (Phi) is 4.27. The Hall–Kier alpha value is -0.620. The van der Waals surface area contributed by atoms with Crippen LogP contribution >= 0.6 is 11.6 Å². The third kappa shape index (κ3) is 3.45. The lowest BCUT2D eigenvalue weighted by atomic mass is 10.1. The fraction of sp³-hybridized carbons (Fsp3) is 0.750. The van der Waals surface area contributed by atoms with E-state index in [-0.39, 0.29) is 11.7 Å². The Balaban J connectivity index is 1.77. The first kappa shape index (κ1) is 13.8. The number of nitrogens with zero attached hydrogens (tertiary/aromatic N) is 2.